The molecule has 1 atom stereocenters. The molecule has 2 rings (SSSR count). The first kappa shape index (κ1) is 22.0. The van der Waals surface area contributed by atoms with Crippen LogP contribution >= 0.6 is 24.0 Å². The molecule has 0 bridgehead atoms. The van der Waals surface area contributed by atoms with Gasteiger partial charge in [0.2, 0.25) is 0 Å². The van der Waals surface area contributed by atoms with Crippen molar-refractivity contribution in [2.75, 3.05) is 33.4 Å². The molecule has 0 radical (unpaired) electrons. The van der Waals surface area contributed by atoms with E-state index in [9.17, 15) is 13.2 Å². The summed E-state index contributed by atoms with van der Waals surface area (Å²) in [5.41, 5.74) is -0.102. The fraction of sp³-hybridized carbons (Fsp3) is 0.588. The number of nitrogens with one attached hydrogen (secondary N) is 1. The van der Waals surface area contributed by atoms with Gasteiger partial charge in [-0.1, -0.05) is 12.1 Å². The number of aliphatic imine (C=N–C) groups is 1. The lowest BCUT2D eigenvalue weighted by molar-refractivity contribution is -0.137. The molecule has 25 heavy (non-hydrogen) atoms. The van der Waals surface area contributed by atoms with Crippen LogP contribution < -0.4 is 5.32 Å². The SMILES string of the molecule is CCNC(=NCc1cccc(C(F)(F)F)c1)N(C)CC1CCOC1.I. The summed E-state index contributed by atoms with van der Waals surface area (Å²) in [4.78, 5) is 6.48. The minimum absolute atomic E-state index is 0. The van der Waals surface area contributed by atoms with E-state index in [4.69, 9.17) is 4.74 Å². The number of ether oxygens (including phenoxy) is 1. The molecule has 8 heteroatoms. The highest BCUT2D eigenvalue weighted by atomic mass is 127. The monoisotopic (exact) mass is 471 g/mol. The predicted molar refractivity (Wildman–Crippen MR) is 103 cm³/mol. The second kappa shape index (κ2) is 10.2. The van der Waals surface area contributed by atoms with Crippen molar-refractivity contribution in [3.05, 3.63) is 35.4 Å². The van der Waals surface area contributed by atoms with Gasteiger partial charge in [0.15, 0.2) is 5.96 Å². The second-order valence-corrected chi connectivity index (χ2v) is 5.98. The first-order chi connectivity index (χ1) is 11.4. The Labute approximate surface area is 163 Å². The Morgan fingerprint density at radius 3 is 2.76 bits per heavy atom. The topological polar surface area (TPSA) is 36.9 Å². The van der Waals surface area contributed by atoms with Crippen LogP contribution in [0.15, 0.2) is 29.3 Å². The van der Waals surface area contributed by atoms with Crippen molar-refractivity contribution in [3.63, 3.8) is 0 Å². The smallest absolute Gasteiger partial charge is 0.381 e. The molecule has 1 aromatic carbocycles. The molecule has 0 aromatic heterocycles. The highest BCUT2D eigenvalue weighted by Gasteiger charge is 2.30. The summed E-state index contributed by atoms with van der Waals surface area (Å²) in [6.07, 6.45) is -3.30. The van der Waals surface area contributed by atoms with Gasteiger partial charge >= 0.3 is 6.18 Å². The van der Waals surface area contributed by atoms with Crippen molar-refractivity contribution in [3.8, 4) is 0 Å². The van der Waals surface area contributed by atoms with Gasteiger partial charge in [-0.3, -0.25) is 0 Å². The van der Waals surface area contributed by atoms with Gasteiger partial charge in [0.05, 0.1) is 18.7 Å². The molecule has 4 nitrogen and oxygen atoms in total. The Morgan fingerprint density at radius 1 is 1.40 bits per heavy atom. The van der Waals surface area contributed by atoms with E-state index in [1.165, 1.54) is 6.07 Å². The summed E-state index contributed by atoms with van der Waals surface area (Å²) < 4.78 is 43.7. The quantitative estimate of drug-likeness (QED) is 0.404. The van der Waals surface area contributed by atoms with Gasteiger partial charge in [-0.25, -0.2) is 4.99 Å². The third kappa shape index (κ3) is 7.01. The number of guanidine groups is 1. The van der Waals surface area contributed by atoms with Crippen molar-refractivity contribution in [2.24, 2.45) is 10.9 Å². The highest BCUT2D eigenvalue weighted by molar-refractivity contribution is 14.0. The zero-order chi connectivity index (χ0) is 17.6. The van der Waals surface area contributed by atoms with E-state index in [0.717, 1.165) is 38.3 Å². The number of hydrogen-bond acceptors (Lipinski definition) is 2. The number of alkyl halides is 3. The van der Waals surface area contributed by atoms with Crippen LogP contribution in [0.5, 0.6) is 0 Å². The van der Waals surface area contributed by atoms with Crippen LogP contribution in [0.4, 0.5) is 13.2 Å². The summed E-state index contributed by atoms with van der Waals surface area (Å²) in [6.45, 7) is 5.22. The molecule has 1 fully saturated rings. The Balaban J connectivity index is 0.00000312. The second-order valence-electron chi connectivity index (χ2n) is 5.98. The fourth-order valence-corrected chi connectivity index (χ4v) is 2.68. The first-order valence-corrected chi connectivity index (χ1v) is 8.13. The van der Waals surface area contributed by atoms with Crippen LogP contribution in [-0.4, -0.2) is 44.2 Å². The average Bonchev–Trinajstić information content (AvgIpc) is 3.03. The van der Waals surface area contributed by atoms with Crippen molar-refractivity contribution >= 4 is 29.9 Å². The Kier molecular flexibility index (Phi) is 8.98. The molecule has 1 N–H and O–H groups in total. The Morgan fingerprint density at radius 2 is 2.16 bits per heavy atom. The molecular weight excluding hydrogens is 446 g/mol. The molecular formula is C17H25F3IN3O. The van der Waals surface area contributed by atoms with Crippen LogP contribution in [0.25, 0.3) is 0 Å². The van der Waals surface area contributed by atoms with E-state index in [0.29, 0.717) is 24.0 Å². The third-order valence-corrected chi connectivity index (χ3v) is 3.92. The number of nitrogens with zero attached hydrogens (tertiary/aromatic N) is 2. The lowest BCUT2D eigenvalue weighted by Gasteiger charge is -2.24. The molecule has 1 unspecified atom stereocenters. The van der Waals surface area contributed by atoms with Crippen LogP contribution in [0.1, 0.15) is 24.5 Å². The standard InChI is InChI=1S/C17H24F3N3O.HI/c1-3-21-16(23(2)11-14-7-8-24-12-14)22-10-13-5-4-6-15(9-13)17(18,19)20;/h4-6,9,14H,3,7-8,10-12H2,1-2H3,(H,21,22);1H. The average molecular weight is 471 g/mol. The van der Waals surface area contributed by atoms with Gasteiger partial charge in [0, 0.05) is 32.7 Å². The van der Waals surface area contributed by atoms with Gasteiger partial charge in [-0.2, -0.15) is 13.2 Å². The minimum atomic E-state index is -4.33. The van der Waals surface area contributed by atoms with Crippen molar-refractivity contribution in [2.45, 2.75) is 26.1 Å². The first-order valence-electron chi connectivity index (χ1n) is 8.13. The summed E-state index contributed by atoms with van der Waals surface area (Å²) in [6, 6.07) is 5.30. The zero-order valence-corrected chi connectivity index (χ0v) is 16.8. The maximum absolute atomic E-state index is 12.8. The Hall–Kier alpha value is -1.03. The normalized spacial score (nSPS) is 18.0. The number of hydrogen-bond donors (Lipinski definition) is 1. The van der Waals surface area contributed by atoms with Crippen molar-refractivity contribution in [1.29, 1.82) is 0 Å². The van der Waals surface area contributed by atoms with Gasteiger partial charge in [-0.15, -0.1) is 24.0 Å². The van der Waals surface area contributed by atoms with Crippen LogP contribution in [0.3, 0.4) is 0 Å². The molecule has 1 saturated heterocycles. The summed E-state index contributed by atoms with van der Waals surface area (Å²) in [5.74, 6) is 1.16. The van der Waals surface area contributed by atoms with Gasteiger partial charge < -0.3 is 15.0 Å². The van der Waals surface area contributed by atoms with Crippen LogP contribution in [0, 0.1) is 5.92 Å². The summed E-state index contributed by atoms with van der Waals surface area (Å²) in [7, 11) is 1.94. The van der Waals surface area contributed by atoms with Crippen LogP contribution in [0.2, 0.25) is 0 Å². The summed E-state index contributed by atoms with van der Waals surface area (Å²) >= 11 is 0. The van der Waals surface area contributed by atoms with Gasteiger partial charge in [0.25, 0.3) is 0 Å². The molecule has 0 saturated carbocycles. The van der Waals surface area contributed by atoms with Gasteiger partial charge in [0.1, 0.15) is 0 Å². The zero-order valence-electron chi connectivity index (χ0n) is 14.5. The van der Waals surface area contributed by atoms with Crippen LogP contribution in [-0.2, 0) is 17.5 Å². The lowest BCUT2D eigenvalue weighted by Crippen LogP contribution is -2.41. The molecule has 142 valence electrons. The predicted octanol–water partition coefficient (Wildman–Crippen LogP) is 3.76. The lowest BCUT2D eigenvalue weighted by atomic mass is 10.1. The molecule has 0 aliphatic carbocycles. The van der Waals surface area contributed by atoms with E-state index < -0.39 is 11.7 Å². The number of rotatable bonds is 5. The number of halogens is 4. The summed E-state index contributed by atoms with van der Waals surface area (Å²) in [5, 5.41) is 3.18. The Bertz CT molecular complexity index is 560. The van der Waals surface area contributed by atoms with E-state index >= 15 is 0 Å². The minimum Gasteiger partial charge on any atom is -0.381 e. The third-order valence-electron chi connectivity index (χ3n) is 3.92. The molecule has 0 amide bonds. The fourth-order valence-electron chi connectivity index (χ4n) is 2.68. The van der Waals surface area contributed by atoms with Gasteiger partial charge in [-0.05, 0) is 31.0 Å². The molecule has 1 aliphatic rings. The van der Waals surface area contributed by atoms with Crippen molar-refractivity contribution in [1.82, 2.24) is 10.2 Å². The van der Waals surface area contributed by atoms with E-state index in [1.807, 2.05) is 18.9 Å². The molecule has 1 aliphatic heterocycles. The van der Waals surface area contributed by atoms with E-state index in [1.54, 1.807) is 6.07 Å². The maximum Gasteiger partial charge on any atom is 0.416 e. The molecule has 1 aromatic rings. The van der Waals surface area contributed by atoms with E-state index in [-0.39, 0.29) is 30.5 Å². The largest absolute Gasteiger partial charge is 0.416 e. The molecule has 0 spiro atoms. The van der Waals surface area contributed by atoms with Crippen molar-refractivity contribution < 1.29 is 17.9 Å². The number of benzene rings is 1. The highest BCUT2D eigenvalue weighted by Crippen LogP contribution is 2.29. The van der Waals surface area contributed by atoms with E-state index in [2.05, 4.69) is 10.3 Å². The maximum atomic E-state index is 12.8. The molecule has 1 heterocycles.